The molecule has 2 aromatic heterocycles. The fourth-order valence-corrected chi connectivity index (χ4v) is 5.90. The first kappa shape index (κ1) is 15.9. The molecule has 0 aromatic carbocycles. The largest absolute Gasteiger partial charge is 0.250 e. The van der Waals surface area contributed by atoms with E-state index in [2.05, 4.69) is 4.98 Å². The highest BCUT2D eigenvalue weighted by Crippen LogP contribution is 2.31. The lowest BCUT2D eigenvalue weighted by Crippen LogP contribution is -2.27. The molecular formula is C12H15ClN2O2S3. The molecule has 0 aliphatic heterocycles. The van der Waals surface area contributed by atoms with Crippen molar-refractivity contribution < 1.29 is 8.42 Å². The van der Waals surface area contributed by atoms with Crippen LogP contribution in [0.3, 0.4) is 0 Å². The van der Waals surface area contributed by atoms with Crippen LogP contribution in [0, 0.1) is 13.8 Å². The van der Waals surface area contributed by atoms with E-state index in [4.69, 9.17) is 11.6 Å². The second-order valence-corrected chi connectivity index (χ2v) is 8.58. The first-order chi connectivity index (χ1) is 9.37. The van der Waals surface area contributed by atoms with Crippen LogP contribution < -0.4 is 0 Å². The summed E-state index contributed by atoms with van der Waals surface area (Å²) in [5.41, 5.74) is 3.35. The van der Waals surface area contributed by atoms with Gasteiger partial charge in [-0.3, -0.25) is 0 Å². The summed E-state index contributed by atoms with van der Waals surface area (Å²) in [6, 6.07) is 0. The molecule has 0 amide bonds. The highest BCUT2D eigenvalue weighted by molar-refractivity contribution is 7.89. The minimum atomic E-state index is -3.52. The van der Waals surface area contributed by atoms with Gasteiger partial charge in [-0.1, -0.05) is 0 Å². The Hall–Kier alpha value is -0.470. The van der Waals surface area contributed by atoms with Crippen molar-refractivity contribution in [3.63, 3.8) is 0 Å². The molecule has 0 atom stereocenters. The van der Waals surface area contributed by atoms with E-state index < -0.39 is 10.0 Å². The quantitative estimate of drug-likeness (QED) is 0.777. The van der Waals surface area contributed by atoms with Gasteiger partial charge in [0.05, 0.1) is 17.1 Å². The van der Waals surface area contributed by atoms with Gasteiger partial charge in [0, 0.05) is 23.3 Å². The van der Waals surface area contributed by atoms with E-state index in [1.807, 2.05) is 12.3 Å². The van der Waals surface area contributed by atoms with Crippen LogP contribution in [0.1, 0.15) is 21.0 Å². The monoisotopic (exact) mass is 350 g/mol. The predicted octanol–water partition coefficient (Wildman–Crippen LogP) is 3.38. The zero-order chi connectivity index (χ0) is 14.9. The number of alkyl halides is 1. The third-order valence-corrected chi connectivity index (χ3v) is 7.60. The first-order valence-corrected chi connectivity index (χ1v) is 9.59. The summed E-state index contributed by atoms with van der Waals surface area (Å²) in [6.07, 6.45) is 0. The zero-order valence-corrected chi connectivity index (χ0v) is 14.6. The van der Waals surface area contributed by atoms with Crippen LogP contribution in [0.4, 0.5) is 0 Å². The number of thiazole rings is 1. The Bertz CT molecular complexity index is 706. The van der Waals surface area contributed by atoms with Crippen molar-refractivity contribution in [1.29, 1.82) is 0 Å². The normalized spacial score (nSPS) is 12.2. The molecule has 0 radical (unpaired) electrons. The Morgan fingerprint density at radius 3 is 2.55 bits per heavy atom. The molecule has 0 spiro atoms. The smallest absolute Gasteiger partial charge is 0.244 e. The topological polar surface area (TPSA) is 50.3 Å². The molecule has 0 unspecified atom stereocenters. The number of aryl methyl sites for hydroxylation is 2. The number of sulfonamides is 1. The zero-order valence-electron chi connectivity index (χ0n) is 11.4. The van der Waals surface area contributed by atoms with E-state index in [0.29, 0.717) is 16.3 Å². The number of halogens is 1. The number of rotatable bonds is 5. The Morgan fingerprint density at radius 1 is 1.30 bits per heavy atom. The van der Waals surface area contributed by atoms with E-state index in [1.165, 1.54) is 27.0 Å². The summed E-state index contributed by atoms with van der Waals surface area (Å²) in [7, 11) is -1.94. The van der Waals surface area contributed by atoms with Crippen molar-refractivity contribution in [3.05, 3.63) is 31.9 Å². The Morgan fingerprint density at radius 2 is 2.00 bits per heavy atom. The van der Waals surface area contributed by atoms with E-state index in [9.17, 15) is 8.42 Å². The fraction of sp³-hybridized carbons (Fsp3) is 0.417. The average Bonchev–Trinajstić information content (AvgIpc) is 2.96. The maximum Gasteiger partial charge on any atom is 0.244 e. The van der Waals surface area contributed by atoms with Gasteiger partial charge in [0.25, 0.3) is 0 Å². The number of hydrogen-bond donors (Lipinski definition) is 0. The van der Waals surface area contributed by atoms with Crippen molar-refractivity contribution in [1.82, 2.24) is 9.29 Å². The summed E-state index contributed by atoms with van der Waals surface area (Å²) in [6.45, 7) is 4.01. The fourth-order valence-electron chi connectivity index (χ4n) is 1.85. The molecule has 2 aromatic rings. The number of hydrogen-bond acceptors (Lipinski definition) is 5. The van der Waals surface area contributed by atoms with Crippen molar-refractivity contribution in [3.8, 4) is 0 Å². The Balaban J connectivity index is 2.35. The third-order valence-electron chi connectivity index (χ3n) is 2.99. The average molecular weight is 351 g/mol. The molecular weight excluding hydrogens is 336 g/mol. The lowest BCUT2D eigenvalue weighted by molar-refractivity contribution is 0.468. The molecule has 0 fully saturated rings. The number of thiophene rings is 1. The van der Waals surface area contributed by atoms with Gasteiger partial charge in [0.15, 0.2) is 0 Å². The summed E-state index contributed by atoms with van der Waals surface area (Å²) >= 11 is 8.69. The molecule has 0 saturated carbocycles. The highest BCUT2D eigenvalue weighted by atomic mass is 35.5. The van der Waals surface area contributed by atoms with Gasteiger partial charge in [-0.25, -0.2) is 13.4 Å². The van der Waals surface area contributed by atoms with Gasteiger partial charge in [-0.15, -0.1) is 34.3 Å². The molecule has 110 valence electrons. The van der Waals surface area contributed by atoms with Crippen LogP contribution >= 0.6 is 34.3 Å². The SMILES string of the molecule is Cc1csc(CCl)c1S(=O)(=O)N(C)Cc1scnc1C. The molecule has 2 rings (SSSR count). The molecule has 0 N–H and O–H groups in total. The van der Waals surface area contributed by atoms with Gasteiger partial charge in [0.1, 0.15) is 4.90 Å². The van der Waals surface area contributed by atoms with E-state index in [-0.39, 0.29) is 5.88 Å². The predicted molar refractivity (Wildman–Crippen MR) is 84.1 cm³/mol. The van der Waals surface area contributed by atoms with Gasteiger partial charge in [-0.2, -0.15) is 4.31 Å². The van der Waals surface area contributed by atoms with E-state index >= 15 is 0 Å². The van der Waals surface area contributed by atoms with E-state index in [1.54, 1.807) is 19.5 Å². The maximum atomic E-state index is 12.7. The van der Waals surface area contributed by atoms with Crippen molar-refractivity contribution in [2.75, 3.05) is 7.05 Å². The highest BCUT2D eigenvalue weighted by Gasteiger charge is 2.27. The minimum Gasteiger partial charge on any atom is -0.250 e. The molecule has 0 aliphatic rings. The van der Waals surface area contributed by atoms with Crippen LogP contribution in [0.2, 0.25) is 0 Å². The third kappa shape index (κ3) is 2.92. The Labute approximate surface area is 132 Å². The second-order valence-electron chi connectivity index (χ2n) is 4.43. The number of nitrogens with zero attached hydrogens (tertiary/aromatic N) is 2. The first-order valence-electron chi connectivity index (χ1n) is 5.86. The van der Waals surface area contributed by atoms with Crippen LogP contribution in [-0.2, 0) is 22.4 Å². The van der Waals surface area contributed by atoms with Crippen LogP contribution in [-0.4, -0.2) is 24.8 Å². The van der Waals surface area contributed by atoms with Crippen LogP contribution in [0.25, 0.3) is 0 Å². The lowest BCUT2D eigenvalue weighted by Gasteiger charge is -2.17. The van der Waals surface area contributed by atoms with Crippen LogP contribution in [0.15, 0.2) is 15.8 Å². The van der Waals surface area contributed by atoms with Gasteiger partial charge >= 0.3 is 0 Å². The summed E-state index contributed by atoms with van der Waals surface area (Å²) in [4.78, 5) is 6.14. The number of aromatic nitrogens is 1. The molecule has 20 heavy (non-hydrogen) atoms. The summed E-state index contributed by atoms with van der Waals surface area (Å²) < 4.78 is 26.7. The van der Waals surface area contributed by atoms with Gasteiger partial charge in [0.2, 0.25) is 10.0 Å². The summed E-state index contributed by atoms with van der Waals surface area (Å²) in [5.74, 6) is 0.209. The van der Waals surface area contributed by atoms with Crippen molar-refractivity contribution in [2.45, 2.75) is 31.2 Å². The molecule has 0 aliphatic carbocycles. The molecule has 8 heteroatoms. The van der Waals surface area contributed by atoms with Gasteiger partial charge in [-0.05, 0) is 24.8 Å². The maximum absolute atomic E-state index is 12.7. The van der Waals surface area contributed by atoms with Gasteiger partial charge < -0.3 is 0 Å². The van der Waals surface area contributed by atoms with Crippen LogP contribution in [0.5, 0.6) is 0 Å². The summed E-state index contributed by atoms with van der Waals surface area (Å²) in [5, 5.41) is 1.83. The molecule has 4 nitrogen and oxygen atoms in total. The molecule has 2 heterocycles. The standard InChI is InChI=1S/C12H15ClN2O2S3/c1-8-6-18-10(4-13)12(8)20(16,17)15(3)5-11-9(2)14-7-19-11/h6-7H,4-5H2,1-3H3. The Kier molecular flexibility index (Phi) is 4.86. The molecule has 0 saturated heterocycles. The van der Waals surface area contributed by atoms with Crippen molar-refractivity contribution >= 4 is 44.3 Å². The minimum absolute atomic E-state index is 0.209. The van der Waals surface area contributed by atoms with Crippen molar-refractivity contribution in [2.24, 2.45) is 0 Å². The second kappa shape index (κ2) is 6.11. The molecule has 0 bridgehead atoms. The lowest BCUT2D eigenvalue weighted by atomic mass is 10.3. The van der Waals surface area contributed by atoms with E-state index in [0.717, 1.165) is 16.1 Å².